The van der Waals surface area contributed by atoms with Gasteiger partial charge in [0.1, 0.15) is 95.7 Å². The van der Waals surface area contributed by atoms with Crippen molar-refractivity contribution in [3.8, 4) is 0 Å². The molecular weight excluding hydrogens is 1270 g/mol. The van der Waals surface area contributed by atoms with Gasteiger partial charge in [-0.05, 0) is 109 Å². The minimum absolute atomic E-state index is 0.0329. The molecule has 97 heavy (non-hydrogen) atoms. The molecule has 0 bridgehead atoms. The largest absolute Gasteiger partial charge is 0.458 e. The number of aliphatic hydroxyl groups is 8. The maximum atomic E-state index is 14.0. The van der Waals surface area contributed by atoms with Crippen LogP contribution in [0.15, 0.2) is 72.5 Å². The molecule has 27 heteroatoms. The molecule has 2 aromatic rings. The number of pyridine rings is 1. The van der Waals surface area contributed by atoms with Crippen molar-refractivity contribution in [3.63, 3.8) is 0 Å². The van der Waals surface area contributed by atoms with Gasteiger partial charge in [0.05, 0.1) is 60.9 Å². The SMILES string of the molecule is CO[C@@H]1[C@@H](O)[C@H](O[C@H]2[C@@H](OC)C[C@H](O[C@H]3[C@@H](OC)C[C@H](O[C@H]4[C@@H](OC)C[C@H](O[C@H]5CC[C@@]6(C)C(=CC[C@]7(O)[C@@H]6C[C@@H](OC(=O)/C=C/c6ccccc6)[C@@]6(C)[C@]7(O)CC[C@]6(O)[C@H](C)OC(=O)c6ccccn6)C5)O[C@@H]4C)O[C@@H]3C)O[C@@H]2C)O[C@H](C)[C@H]1O[C@@H]1O[C@H](CO)[C@@H](O)[C@H](O)[C@H]1O. The molecule has 5 saturated heterocycles. The fraction of sp³-hybridized carbons (Fsp3) is 0.757. The minimum atomic E-state index is -2.04. The number of ether oxygens (including phenoxy) is 16. The van der Waals surface area contributed by atoms with Crippen LogP contribution in [0.1, 0.15) is 129 Å². The lowest BCUT2D eigenvalue weighted by Gasteiger charge is -2.67. The first-order valence-corrected chi connectivity index (χ1v) is 34.1. The van der Waals surface area contributed by atoms with E-state index in [-0.39, 0.29) is 50.3 Å². The van der Waals surface area contributed by atoms with E-state index in [1.807, 2.05) is 50.3 Å². The van der Waals surface area contributed by atoms with Crippen LogP contribution >= 0.6 is 0 Å². The molecule has 8 fully saturated rings. The van der Waals surface area contributed by atoms with Gasteiger partial charge in [-0.25, -0.2) is 14.6 Å². The molecule has 5 aliphatic heterocycles. The highest BCUT2D eigenvalue weighted by Gasteiger charge is 2.82. The molecule has 542 valence electrons. The Morgan fingerprint density at radius 2 is 1.21 bits per heavy atom. The van der Waals surface area contributed by atoms with Gasteiger partial charge in [-0.2, -0.15) is 0 Å². The van der Waals surface area contributed by atoms with Crippen LogP contribution in [0.5, 0.6) is 0 Å². The predicted octanol–water partition coefficient (Wildman–Crippen LogP) is 3.08. The monoisotopic (exact) mass is 1370 g/mol. The van der Waals surface area contributed by atoms with E-state index in [0.717, 1.165) is 11.1 Å². The molecule has 6 heterocycles. The van der Waals surface area contributed by atoms with Crippen LogP contribution < -0.4 is 0 Å². The van der Waals surface area contributed by atoms with Crippen LogP contribution in [0.2, 0.25) is 0 Å². The first kappa shape index (κ1) is 74.1. The zero-order valence-corrected chi connectivity index (χ0v) is 57.1. The molecule has 9 aliphatic rings. The first-order chi connectivity index (χ1) is 46.2. The van der Waals surface area contributed by atoms with Crippen molar-refractivity contribution in [1.29, 1.82) is 0 Å². The number of hydrogen-bond donors (Lipinski definition) is 8. The number of hydrogen-bond acceptors (Lipinski definition) is 27. The van der Waals surface area contributed by atoms with Crippen LogP contribution in [0, 0.1) is 16.7 Å². The number of aromatic nitrogens is 1. The van der Waals surface area contributed by atoms with Gasteiger partial charge in [0, 0.05) is 65.9 Å². The van der Waals surface area contributed by atoms with Gasteiger partial charge in [0.2, 0.25) is 0 Å². The third-order valence-electron chi connectivity index (χ3n) is 23.1. The highest BCUT2D eigenvalue weighted by molar-refractivity contribution is 5.88. The number of aliphatic hydroxyl groups excluding tert-OH is 5. The summed E-state index contributed by atoms with van der Waals surface area (Å²) in [7, 11) is 6.10. The van der Waals surface area contributed by atoms with E-state index in [0.29, 0.717) is 25.7 Å². The van der Waals surface area contributed by atoms with E-state index >= 15 is 0 Å². The van der Waals surface area contributed by atoms with Gasteiger partial charge in [-0.15, -0.1) is 0 Å². The highest BCUT2D eigenvalue weighted by Crippen LogP contribution is 2.71. The minimum Gasteiger partial charge on any atom is -0.458 e. The van der Waals surface area contributed by atoms with Crippen LogP contribution in [-0.2, 0) is 80.6 Å². The molecule has 0 amide bonds. The van der Waals surface area contributed by atoms with E-state index in [4.69, 9.17) is 75.8 Å². The van der Waals surface area contributed by atoms with Gasteiger partial charge in [0.15, 0.2) is 31.5 Å². The predicted molar refractivity (Wildman–Crippen MR) is 338 cm³/mol. The summed E-state index contributed by atoms with van der Waals surface area (Å²) in [6.07, 6.45) is -14.8. The number of fused-ring (bicyclic) bond motifs is 5. The third kappa shape index (κ3) is 13.9. The molecule has 0 unspecified atom stereocenters. The van der Waals surface area contributed by atoms with E-state index in [9.17, 15) is 50.4 Å². The number of esters is 2. The number of nitrogens with zero attached hydrogens (tertiary/aromatic N) is 1. The van der Waals surface area contributed by atoms with Crippen molar-refractivity contribution < 1.29 is 126 Å². The Balaban J connectivity index is 0.698. The average molecular weight is 1370 g/mol. The highest BCUT2D eigenvalue weighted by atomic mass is 16.8. The molecule has 27 nitrogen and oxygen atoms in total. The second kappa shape index (κ2) is 30.1. The van der Waals surface area contributed by atoms with Crippen LogP contribution in [0.4, 0.5) is 0 Å². The molecule has 3 saturated carbocycles. The Bertz CT molecular complexity index is 3020. The van der Waals surface area contributed by atoms with Crippen LogP contribution in [-0.4, -0.2) is 263 Å². The lowest BCUT2D eigenvalue weighted by molar-refractivity contribution is -0.374. The van der Waals surface area contributed by atoms with E-state index in [1.165, 1.54) is 32.6 Å². The van der Waals surface area contributed by atoms with Gasteiger partial charge >= 0.3 is 11.9 Å². The Morgan fingerprint density at radius 1 is 0.639 bits per heavy atom. The summed E-state index contributed by atoms with van der Waals surface area (Å²) < 4.78 is 100. The number of carbonyl (C=O) groups excluding carboxylic acids is 2. The normalized spacial score (nSPS) is 46.5. The third-order valence-corrected chi connectivity index (χ3v) is 23.1. The fourth-order valence-corrected chi connectivity index (χ4v) is 17.5. The summed E-state index contributed by atoms with van der Waals surface area (Å²) in [5.74, 6) is -2.12. The first-order valence-electron chi connectivity index (χ1n) is 34.1. The molecule has 1 aromatic heterocycles. The van der Waals surface area contributed by atoms with Gasteiger partial charge in [-0.3, -0.25) is 0 Å². The van der Waals surface area contributed by atoms with Crippen molar-refractivity contribution in [2.75, 3.05) is 35.0 Å². The summed E-state index contributed by atoms with van der Waals surface area (Å²) in [5, 5.41) is 92.5. The molecule has 0 spiro atoms. The number of carbonyl (C=O) groups is 2. The van der Waals surface area contributed by atoms with Crippen molar-refractivity contribution >= 4 is 18.0 Å². The van der Waals surface area contributed by atoms with Crippen LogP contribution in [0.3, 0.4) is 0 Å². The van der Waals surface area contributed by atoms with E-state index < -0.39 is 200 Å². The topological polar surface area (TPSA) is 357 Å². The Kier molecular flexibility index (Phi) is 23.0. The quantitative estimate of drug-likeness (QED) is 0.0506. The van der Waals surface area contributed by atoms with Crippen molar-refractivity contribution in [2.45, 2.75) is 283 Å². The van der Waals surface area contributed by atoms with E-state index in [2.05, 4.69) is 11.9 Å². The Labute approximate surface area is 565 Å². The zero-order chi connectivity index (χ0) is 69.7. The summed E-state index contributed by atoms with van der Waals surface area (Å²) in [6, 6.07) is 14.1. The molecular formula is C70H101NO26. The maximum absolute atomic E-state index is 14.0. The lowest BCUT2D eigenvalue weighted by atomic mass is 9.42. The van der Waals surface area contributed by atoms with E-state index in [1.54, 1.807) is 60.1 Å². The average Bonchev–Trinajstić information content (AvgIpc) is 1.58. The number of methoxy groups -OCH3 is 4. The zero-order valence-electron chi connectivity index (χ0n) is 57.1. The van der Waals surface area contributed by atoms with Crippen LogP contribution in [0.25, 0.3) is 6.08 Å². The van der Waals surface area contributed by atoms with Gasteiger partial charge < -0.3 is 117 Å². The molecule has 1 aromatic carbocycles. The molecule has 8 N–H and O–H groups in total. The van der Waals surface area contributed by atoms with Crippen molar-refractivity contribution in [3.05, 3.63) is 83.7 Å². The van der Waals surface area contributed by atoms with Gasteiger partial charge in [0.25, 0.3) is 0 Å². The van der Waals surface area contributed by atoms with Gasteiger partial charge in [-0.1, -0.05) is 61.9 Å². The standard InChI is InChI=1S/C70H101NO26/c1-35-58(94-52-31-45(83-9)59(36(2)87-52)95-53-32-46(84-10)60(37(3)88-53)96-65-57(77)62(85-11)61(38(4)89-65)97-64-56(76)55(75)54(74)47(34-72)92-64)44(82-8)30-51(86-35)91-42-23-24-66(6)41(29-42)22-25-69(80)48(66)33-49(93-50(73)21-20-40-17-13-12-14-18-40)67(7)68(79,26-27-70(67,69)81)39(5)90-63(78)43-19-15-16-28-71-43/h12-22,28,35-39,42,44-49,51-62,64-65,72,74-77,79-81H,23-27,29-34H2,1-11H3/b21-20+/t35-,36-,37-,38-,39+,42+,44+,45+,46+,47-,48-,49-,51+,52+,53+,54-,55+,56-,57-,58-,59-,60-,61-,62-,64+,65+,66+,67-,68+,69+,70-/m1/s1. The molecule has 4 aliphatic carbocycles. The smallest absolute Gasteiger partial charge is 0.357 e. The summed E-state index contributed by atoms with van der Waals surface area (Å²) >= 11 is 0. The molecule has 31 atom stereocenters. The lowest BCUT2D eigenvalue weighted by Crippen LogP contribution is -2.78. The molecule has 11 rings (SSSR count). The Hall–Kier alpha value is -4.09. The Morgan fingerprint density at radius 3 is 1.78 bits per heavy atom. The summed E-state index contributed by atoms with van der Waals surface area (Å²) in [4.78, 5) is 31.6. The second-order valence-corrected chi connectivity index (χ2v) is 28.3. The van der Waals surface area contributed by atoms with Crippen molar-refractivity contribution in [1.82, 2.24) is 4.98 Å². The summed E-state index contributed by atoms with van der Waals surface area (Å²) in [6.45, 7) is 11.8. The second-order valence-electron chi connectivity index (χ2n) is 28.3. The number of rotatable bonds is 21. The fourth-order valence-electron chi connectivity index (χ4n) is 17.5. The number of benzene rings is 1. The maximum Gasteiger partial charge on any atom is 0.357 e. The molecule has 0 radical (unpaired) electrons. The van der Waals surface area contributed by atoms with Crippen molar-refractivity contribution in [2.24, 2.45) is 16.7 Å². The summed E-state index contributed by atoms with van der Waals surface area (Å²) in [5.41, 5.74) is -6.46.